The lowest BCUT2D eigenvalue weighted by molar-refractivity contribution is -0.384. The third-order valence-corrected chi connectivity index (χ3v) is 4.92. The average Bonchev–Trinajstić information content (AvgIpc) is 3.19. The van der Waals surface area contributed by atoms with Crippen LogP contribution < -0.4 is 4.90 Å². The van der Waals surface area contributed by atoms with Gasteiger partial charge in [0, 0.05) is 57.3 Å². The third kappa shape index (κ3) is 3.72. The zero-order valence-corrected chi connectivity index (χ0v) is 15.2. The maximum atomic E-state index is 14.2. The Balaban J connectivity index is 1.43. The SMILES string of the molecule is O=[N+]([O-])c1cccc(CN2CCN(c3nccn3-c3ccccc3F)CC2)c1. The Labute approximate surface area is 161 Å². The van der Waals surface area contributed by atoms with Crippen LogP contribution in [0.5, 0.6) is 0 Å². The van der Waals surface area contributed by atoms with E-state index in [9.17, 15) is 14.5 Å². The summed E-state index contributed by atoms with van der Waals surface area (Å²) in [7, 11) is 0. The van der Waals surface area contributed by atoms with Crippen LogP contribution in [0.25, 0.3) is 5.69 Å². The summed E-state index contributed by atoms with van der Waals surface area (Å²) in [5.41, 5.74) is 1.52. The van der Waals surface area contributed by atoms with E-state index in [2.05, 4.69) is 14.8 Å². The number of rotatable bonds is 5. The van der Waals surface area contributed by atoms with Crippen LogP contribution in [0.4, 0.5) is 16.0 Å². The average molecular weight is 381 g/mol. The number of anilines is 1. The van der Waals surface area contributed by atoms with Crippen molar-refractivity contribution in [3.05, 3.63) is 82.4 Å². The van der Waals surface area contributed by atoms with E-state index in [1.807, 2.05) is 6.07 Å². The lowest BCUT2D eigenvalue weighted by Gasteiger charge is -2.35. The largest absolute Gasteiger partial charge is 0.339 e. The molecule has 7 nitrogen and oxygen atoms in total. The van der Waals surface area contributed by atoms with E-state index in [1.165, 1.54) is 12.1 Å². The van der Waals surface area contributed by atoms with Crippen molar-refractivity contribution in [1.82, 2.24) is 14.5 Å². The van der Waals surface area contributed by atoms with Gasteiger partial charge < -0.3 is 4.90 Å². The lowest BCUT2D eigenvalue weighted by atomic mass is 10.2. The summed E-state index contributed by atoms with van der Waals surface area (Å²) in [6.45, 7) is 3.76. The van der Waals surface area contributed by atoms with Gasteiger partial charge in [0.05, 0.1) is 10.6 Å². The van der Waals surface area contributed by atoms with E-state index in [1.54, 1.807) is 47.3 Å². The minimum Gasteiger partial charge on any atom is -0.339 e. The van der Waals surface area contributed by atoms with Crippen LogP contribution in [0.1, 0.15) is 5.56 Å². The molecule has 28 heavy (non-hydrogen) atoms. The first-order valence-corrected chi connectivity index (χ1v) is 9.11. The highest BCUT2D eigenvalue weighted by atomic mass is 19.1. The van der Waals surface area contributed by atoms with Gasteiger partial charge in [0.15, 0.2) is 0 Å². The molecule has 0 N–H and O–H groups in total. The zero-order valence-electron chi connectivity index (χ0n) is 15.2. The third-order valence-electron chi connectivity index (χ3n) is 4.92. The van der Waals surface area contributed by atoms with Crippen molar-refractivity contribution in [3.63, 3.8) is 0 Å². The van der Waals surface area contributed by atoms with Gasteiger partial charge in [0.25, 0.3) is 5.69 Å². The zero-order chi connectivity index (χ0) is 19.5. The Kier molecular flexibility index (Phi) is 5.03. The molecule has 3 aromatic rings. The fourth-order valence-electron chi connectivity index (χ4n) is 3.50. The highest BCUT2D eigenvalue weighted by molar-refractivity contribution is 5.44. The number of nitro groups is 1. The molecule has 4 rings (SSSR count). The summed E-state index contributed by atoms with van der Waals surface area (Å²) in [6, 6.07) is 13.4. The number of benzene rings is 2. The number of imidazole rings is 1. The molecular weight excluding hydrogens is 361 g/mol. The first kappa shape index (κ1) is 18.1. The highest BCUT2D eigenvalue weighted by Gasteiger charge is 2.22. The number of aromatic nitrogens is 2. The fraction of sp³-hybridized carbons (Fsp3) is 0.250. The lowest BCUT2D eigenvalue weighted by Crippen LogP contribution is -2.46. The van der Waals surface area contributed by atoms with Gasteiger partial charge in [0.1, 0.15) is 5.82 Å². The molecule has 2 heterocycles. The number of halogens is 1. The van der Waals surface area contributed by atoms with Gasteiger partial charge in [0.2, 0.25) is 5.95 Å². The van der Waals surface area contributed by atoms with Crippen LogP contribution >= 0.6 is 0 Å². The van der Waals surface area contributed by atoms with Crippen LogP contribution in [-0.2, 0) is 6.54 Å². The molecule has 0 radical (unpaired) electrons. The normalized spacial score (nSPS) is 15.0. The molecule has 0 atom stereocenters. The predicted molar refractivity (Wildman–Crippen MR) is 104 cm³/mol. The maximum absolute atomic E-state index is 14.2. The monoisotopic (exact) mass is 381 g/mol. The summed E-state index contributed by atoms with van der Waals surface area (Å²) in [6.07, 6.45) is 3.44. The van der Waals surface area contributed by atoms with Crippen molar-refractivity contribution in [2.75, 3.05) is 31.1 Å². The predicted octanol–water partition coefficient (Wildman–Crippen LogP) is 3.24. The number of piperazine rings is 1. The molecule has 8 heteroatoms. The molecule has 0 bridgehead atoms. The Morgan fingerprint density at radius 3 is 2.61 bits per heavy atom. The van der Waals surface area contributed by atoms with E-state index >= 15 is 0 Å². The molecule has 1 aliphatic rings. The van der Waals surface area contributed by atoms with Crippen LogP contribution in [0.3, 0.4) is 0 Å². The second-order valence-corrected chi connectivity index (χ2v) is 6.74. The Bertz CT molecular complexity index is 982. The second-order valence-electron chi connectivity index (χ2n) is 6.74. The summed E-state index contributed by atoms with van der Waals surface area (Å²) < 4.78 is 15.9. The maximum Gasteiger partial charge on any atom is 0.269 e. The van der Waals surface area contributed by atoms with E-state index in [0.717, 1.165) is 37.7 Å². The fourth-order valence-corrected chi connectivity index (χ4v) is 3.50. The minimum absolute atomic E-state index is 0.114. The van der Waals surface area contributed by atoms with Crippen molar-refractivity contribution in [2.24, 2.45) is 0 Å². The van der Waals surface area contributed by atoms with Gasteiger partial charge in [-0.2, -0.15) is 0 Å². The van der Waals surface area contributed by atoms with Gasteiger partial charge in [-0.3, -0.25) is 19.6 Å². The van der Waals surface area contributed by atoms with E-state index in [4.69, 9.17) is 0 Å². The Morgan fingerprint density at radius 1 is 1.07 bits per heavy atom. The van der Waals surface area contributed by atoms with Gasteiger partial charge >= 0.3 is 0 Å². The molecule has 0 amide bonds. The molecule has 1 aromatic heterocycles. The first-order chi connectivity index (χ1) is 13.6. The van der Waals surface area contributed by atoms with Crippen LogP contribution in [0.15, 0.2) is 60.9 Å². The number of nitrogens with zero attached hydrogens (tertiary/aromatic N) is 5. The Morgan fingerprint density at radius 2 is 1.86 bits per heavy atom. The van der Waals surface area contributed by atoms with Crippen molar-refractivity contribution >= 4 is 11.6 Å². The number of hydrogen-bond donors (Lipinski definition) is 0. The molecule has 0 saturated carbocycles. The van der Waals surface area contributed by atoms with Crippen molar-refractivity contribution in [3.8, 4) is 5.69 Å². The smallest absolute Gasteiger partial charge is 0.269 e. The van der Waals surface area contributed by atoms with E-state index in [0.29, 0.717) is 12.2 Å². The number of nitro benzene ring substituents is 1. The van der Waals surface area contributed by atoms with Gasteiger partial charge in [-0.1, -0.05) is 24.3 Å². The summed E-state index contributed by atoms with van der Waals surface area (Å²) in [4.78, 5) is 19.4. The first-order valence-electron chi connectivity index (χ1n) is 9.11. The van der Waals surface area contributed by atoms with E-state index in [-0.39, 0.29) is 16.4 Å². The van der Waals surface area contributed by atoms with Gasteiger partial charge in [-0.25, -0.2) is 9.37 Å². The van der Waals surface area contributed by atoms with Crippen molar-refractivity contribution in [1.29, 1.82) is 0 Å². The molecule has 1 aliphatic heterocycles. The topological polar surface area (TPSA) is 67.4 Å². The highest BCUT2D eigenvalue weighted by Crippen LogP contribution is 2.22. The summed E-state index contributed by atoms with van der Waals surface area (Å²) in [5.74, 6) is 0.436. The van der Waals surface area contributed by atoms with Gasteiger partial charge in [-0.05, 0) is 17.7 Å². The molecule has 0 unspecified atom stereocenters. The van der Waals surface area contributed by atoms with Crippen molar-refractivity contribution in [2.45, 2.75) is 6.54 Å². The van der Waals surface area contributed by atoms with Crippen molar-refractivity contribution < 1.29 is 9.31 Å². The molecule has 2 aromatic carbocycles. The number of non-ortho nitro benzene ring substituents is 1. The number of para-hydroxylation sites is 1. The summed E-state index contributed by atoms with van der Waals surface area (Å²) in [5, 5.41) is 10.9. The standard InChI is InChI=1S/C20H20FN5O2/c21-18-6-1-2-7-19(18)25-9-8-22-20(25)24-12-10-23(11-13-24)15-16-4-3-5-17(14-16)26(27)28/h1-9,14H,10-13,15H2. The molecule has 144 valence electrons. The Hall–Kier alpha value is -3.26. The van der Waals surface area contributed by atoms with E-state index < -0.39 is 0 Å². The quantitative estimate of drug-likeness (QED) is 0.501. The molecule has 1 fully saturated rings. The van der Waals surface area contributed by atoms with Crippen LogP contribution in [-0.4, -0.2) is 45.6 Å². The van der Waals surface area contributed by atoms with Crippen LogP contribution in [0.2, 0.25) is 0 Å². The minimum atomic E-state index is -0.371. The molecule has 0 spiro atoms. The second kappa shape index (κ2) is 7.77. The number of hydrogen-bond acceptors (Lipinski definition) is 5. The molecule has 1 saturated heterocycles. The summed E-state index contributed by atoms with van der Waals surface area (Å²) >= 11 is 0. The molecule has 0 aliphatic carbocycles. The van der Waals surface area contributed by atoms with Gasteiger partial charge in [-0.15, -0.1) is 0 Å². The molecular formula is C20H20FN5O2. The van der Waals surface area contributed by atoms with Crippen LogP contribution in [0, 0.1) is 15.9 Å².